The van der Waals surface area contributed by atoms with Gasteiger partial charge in [-0.1, -0.05) is 37.3 Å². The molecule has 2 amide bonds. The lowest BCUT2D eigenvalue weighted by molar-refractivity contribution is 0.0322. The van der Waals surface area contributed by atoms with E-state index in [1.807, 2.05) is 47.4 Å². The number of hydrogen-bond acceptors (Lipinski definition) is 4. The number of amides is 2. The highest BCUT2D eigenvalue weighted by Crippen LogP contribution is 2.35. The predicted molar refractivity (Wildman–Crippen MR) is 114 cm³/mol. The van der Waals surface area contributed by atoms with Gasteiger partial charge in [-0.25, -0.2) is 4.79 Å². The number of ether oxygens (including phenoxy) is 2. The molecule has 2 aromatic carbocycles. The van der Waals surface area contributed by atoms with E-state index in [9.17, 15) is 4.79 Å². The third kappa shape index (κ3) is 4.89. The van der Waals surface area contributed by atoms with Gasteiger partial charge in [0, 0.05) is 44.3 Å². The summed E-state index contributed by atoms with van der Waals surface area (Å²) in [4.78, 5) is 16.9. The maximum Gasteiger partial charge on any atom is 0.322 e. The second kappa shape index (κ2) is 9.29. The first-order valence-electron chi connectivity index (χ1n) is 10.4. The molecule has 2 aliphatic heterocycles. The van der Waals surface area contributed by atoms with E-state index < -0.39 is 0 Å². The van der Waals surface area contributed by atoms with Gasteiger partial charge in [0.05, 0.1) is 13.2 Å². The van der Waals surface area contributed by atoms with Gasteiger partial charge in [0.15, 0.2) is 0 Å². The molecule has 6 nitrogen and oxygen atoms in total. The van der Waals surface area contributed by atoms with E-state index >= 15 is 0 Å². The number of fused-ring (bicyclic) bond motifs is 1. The average molecular weight is 396 g/mol. The van der Waals surface area contributed by atoms with Gasteiger partial charge in [0.25, 0.3) is 0 Å². The molecule has 0 spiro atoms. The zero-order chi connectivity index (χ0) is 20.1. The molecule has 1 N–H and O–H groups in total. The summed E-state index contributed by atoms with van der Waals surface area (Å²) in [5.74, 6) is 1.20. The molecule has 0 saturated carbocycles. The Hall–Kier alpha value is -2.57. The number of carbonyl (C=O) groups excluding carboxylic acids is 1. The molecule has 1 fully saturated rings. The predicted octanol–water partition coefficient (Wildman–Crippen LogP) is 3.23. The maximum absolute atomic E-state index is 12.7. The van der Waals surface area contributed by atoms with E-state index in [0.29, 0.717) is 19.1 Å². The fourth-order valence-corrected chi connectivity index (χ4v) is 3.95. The number of nitrogens with zero attached hydrogens (tertiary/aromatic N) is 2. The van der Waals surface area contributed by atoms with E-state index in [-0.39, 0.29) is 6.03 Å². The van der Waals surface area contributed by atoms with Crippen LogP contribution in [0.15, 0.2) is 48.5 Å². The van der Waals surface area contributed by atoms with Crippen molar-refractivity contribution in [3.05, 3.63) is 59.7 Å². The lowest BCUT2D eigenvalue weighted by Gasteiger charge is -2.26. The van der Waals surface area contributed by atoms with Gasteiger partial charge < -0.3 is 14.8 Å². The smallest absolute Gasteiger partial charge is 0.322 e. The lowest BCUT2D eigenvalue weighted by atomic mass is 10.0. The second-order valence-electron chi connectivity index (χ2n) is 7.68. The number of para-hydroxylation sites is 1. The van der Waals surface area contributed by atoms with Crippen LogP contribution in [0.5, 0.6) is 5.75 Å². The van der Waals surface area contributed by atoms with Crippen LogP contribution in [0, 0.1) is 0 Å². The molecule has 2 aromatic rings. The van der Waals surface area contributed by atoms with Gasteiger partial charge in [-0.2, -0.15) is 0 Å². The Labute approximate surface area is 172 Å². The normalized spacial score (nSPS) is 19.1. The first kappa shape index (κ1) is 19.7. The van der Waals surface area contributed by atoms with Crippen molar-refractivity contribution in [2.45, 2.75) is 19.4 Å². The van der Waals surface area contributed by atoms with Crippen LogP contribution < -0.4 is 15.0 Å². The van der Waals surface area contributed by atoms with E-state index in [1.165, 1.54) is 5.56 Å². The van der Waals surface area contributed by atoms with E-state index in [4.69, 9.17) is 9.47 Å². The third-order valence-electron chi connectivity index (χ3n) is 5.58. The highest BCUT2D eigenvalue weighted by molar-refractivity contribution is 5.94. The number of rotatable bonds is 6. The first-order valence-corrected chi connectivity index (χ1v) is 10.4. The SMILES string of the molecule is CC1CN(C(=O)NCc2cccc(OCCN3CCOCC3)c2)c2ccccc21. The Kier molecular flexibility index (Phi) is 6.32. The fourth-order valence-electron chi connectivity index (χ4n) is 3.95. The van der Waals surface area contributed by atoms with E-state index in [0.717, 1.165) is 56.4 Å². The van der Waals surface area contributed by atoms with Crippen LogP contribution in [0.3, 0.4) is 0 Å². The van der Waals surface area contributed by atoms with Crippen LogP contribution in [-0.4, -0.2) is 56.9 Å². The quantitative estimate of drug-likeness (QED) is 0.816. The first-order chi connectivity index (χ1) is 14.2. The molecular formula is C23H29N3O3. The van der Waals surface area contributed by atoms with Crippen LogP contribution in [0.1, 0.15) is 24.0 Å². The largest absolute Gasteiger partial charge is 0.492 e. The molecule has 154 valence electrons. The summed E-state index contributed by atoms with van der Waals surface area (Å²) in [6.07, 6.45) is 0. The Morgan fingerprint density at radius 2 is 2.00 bits per heavy atom. The van der Waals surface area contributed by atoms with Gasteiger partial charge in [0.2, 0.25) is 0 Å². The fraction of sp³-hybridized carbons (Fsp3) is 0.435. The zero-order valence-corrected chi connectivity index (χ0v) is 17.0. The molecule has 0 radical (unpaired) electrons. The van der Waals surface area contributed by atoms with Crippen molar-refractivity contribution in [2.75, 3.05) is 50.9 Å². The van der Waals surface area contributed by atoms with Crippen molar-refractivity contribution in [1.29, 1.82) is 0 Å². The molecule has 6 heteroatoms. The lowest BCUT2D eigenvalue weighted by Crippen LogP contribution is -2.39. The highest BCUT2D eigenvalue weighted by Gasteiger charge is 2.29. The summed E-state index contributed by atoms with van der Waals surface area (Å²) in [6.45, 7) is 8.44. The summed E-state index contributed by atoms with van der Waals surface area (Å²) in [7, 11) is 0. The summed E-state index contributed by atoms with van der Waals surface area (Å²) in [5.41, 5.74) is 3.28. The Balaban J connectivity index is 1.28. The number of urea groups is 1. The molecule has 0 aliphatic carbocycles. The number of nitrogens with one attached hydrogen (secondary N) is 1. The molecule has 1 atom stereocenters. The number of anilines is 1. The van der Waals surface area contributed by atoms with Crippen molar-refractivity contribution in [1.82, 2.24) is 10.2 Å². The van der Waals surface area contributed by atoms with Crippen molar-refractivity contribution in [3.63, 3.8) is 0 Å². The monoisotopic (exact) mass is 395 g/mol. The molecule has 2 heterocycles. The molecule has 0 aromatic heterocycles. The summed E-state index contributed by atoms with van der Waals surface area (Å²) in [6, 6.07) is 16.0. The maximum atomic E-state index is 12.7. The van der Waals surface area contributed by atoms with Crippen LogP contribution in [0.4, 0.5) is 10.5 Å². The minimum atomic E-state index is -0.0551. The average Bonchev–Trinajstić information content (AvgIpc) is 3.10. The Bertz CT molecular complexity index is 836. The van der Waals surface area contributed by atoms with Gasteiger partial charge in [-0.3, -0.25) is 9.80 Å². The van der Waals surface area contributed by atoms with Gasteiger partial charge in [-0.05, 0) is 29.3 Å². The topological polar surface area (TPSA) is 54.0 Å². The Morgan fingerprint density at radius 1 is 1.17 bits per heavy atom. The number of benzene rings is 2. The third-order valence-corrected chi connectivity index (χ3v) is 5.58. The molecule has 0 bridgehead atoms. The van der Waals surface area contributed by atoms with E-state index in [2.05, 4.69) is 23.2 Å². The number of hydrogen-bond donors (Lipinski definition) is 1. The van der Waals surface area contributed by atoms with Gasteiger partial charge in [-0.15, -0.1) is 0 Å². The molecular weight excluding hydrogens is 366 g/mol. The van der Waals surface area contributed by atoms with Crippen LogP contribution >= 0.6 is 0 Å². The zero-order valence-electron chi connectivity index (χ0n) is 17.0. The van der Waals surface area contributed by atoms with Crippen molar-refractivity contribution in [2.24, 2.45) is 0 Å². The molecule has 29 heavy (non-hydrogen) atoms. The molecule has 1 saturated heterocycles. The van der Waals surface area contributed by atoms with Gasteiger partial charge in [0.1, 0.15) is 12.4 Å². The number of morpholine rings is 1. The number of carbonyl (C=O) groups is 1. The van der Waals surface area contributed by atoms with Crippen LogP contribution in [0.2, 0.25) is 0 Å². The second-order valence-corrected chi connectivity index (χ2v) is 7.68. The molecule has 4 rings (SSSR count). The van der Waals surface area contributed by atoms with Gasteiger partial charge >= 0.3 is 6.03 Å². The summed E-state index contributed by atoms with van der Waals surface area (Å²) < 4.78 is 11.3. The summed E-state index contributed by atoms with van der Waals surface area (Å²) in [5, 5.41) is 3.05. The summed E-state index contributed by atoms with van der Waals surface area (Å²) >= 11 is 0. The highest BCUT2D eigenvalue weighted by atomic mass is 16.5. The van der Waals surface area contributed by atoms with Crippen molar-refractivity contribution in [3.8, 4) is 5.75 Å². The Morgan fingerprint density at radius 3 is 2.86 bits per heavy atom. The van der Waals surface area contributed by atoms with Crippen LogP contribution in [0.25, 0.3) is 0 Å². The molecule has 2 aliphatic rings. The van der Waals surface area contributed by atoms with Crippen molar-refractivity contribution >= 4 is 11.7 Å². The van der Waals surface area contributed by atoms with Crippen LogP contribution in [-0.2, 0) is 11.3 Å². The standard InChI is InChI=1S/C23H29N3O3/c1-18-17-26(22-8-3-2-7-21(18)22)23(27)24-16-19-5-4-6-20(15-19)29-14-11-25-9-12-28-13-10-25/h2-8,15,18H,9-14,16-17H2,1H3,(H,24,27). The minimum Gasteiger partial charge on any atom is -0.492 e. The molecule has 1 unspecified atom stereocenters. The van der Waals surface area contributed by atoms with E-state index in [1.54, 1.807) is 0 Å². The van der Waals surface area contributed by atoms with Crippen molar-refractivity contribution < 1.29 is 14.3 Å². The minimum absolute atomic E-state index is 0.0551.